The minimum atomic E-state index is -1.01. The van der Waals surface area contributed by atoms with Crippen molar-refractivity contribution in [3.63, 3.8) is 0 Å². The second kappa shape index (κ2) is 5.81. The van der Waals surface area contributed by atoms with Gasteiger partial charge in [0.25, 0.3) is 0 Å². The third-order valence-corrected chi connectivity index (χ3v) is 2.84. The number of hydrogen-bond acceptors (Lipinski definition) is 4. The Morgan fingerprint density at radius 3 is 2.95 bits per heavy atom. The summed E-state index contributed by atoms with van der Waals surface area (Å²) in [5, 5.41) is 12.4. The number of likely N-dealkylation sites (N-methyl/N-ethyl adjacent to an activating group) is 1. The van der Waals surface area contributed by atoms with Gasteiger partial charge in [-0.05, 0) is 26.2 Å². The number of nitrogens with one attached hydrogen (secondary N) is 1. The fourth-order valence-corrected chi connectivity index (χ4v) is 1.89. The lowest BCUT2D eigenvalue weighted by Gasteiger charge is -2.09. The van der Waals surface area contributed by atoms with E-state index in [0.29, 0.717) is 6.54 Å². The maximum atomic E-state index is 11.1. The molecular weight excluding hydrogens is 244 g/mol. The Hall–Kier alpha value is -1.92. The van der Waals surface area contributed by atoms with Gasteiger partial charge in [0.05, 0.1) is 11.2 Å². The van der Waals surface area contributed by atoms with E-state index in [9.17, 15) is 4.79 Å². The largest absolute Gasteiger partial charge is 0.475 e. The molecular formula is C13H18N4O2. The number of carboxylic acid groups (broad SMARTS) is 1. The Balaban J connectivity index is 2.16. The summed E-state index contributed by atoms with van der Waals surface area (Å²) in [6.45, 7) is 2.33. The number of imidazole rings is 1. The number of aromatic carboxylic acids is 1. The molecule has 0 unspecified atom stereocenters. The van der Waals surface area contributed by atoms with Gasteiger partial charge in [-0.25, -0.2) is 9.78 Å². The molecule has 102 valence electrons. The van der Waals surface area contributed by atoms with Gasteiger partial charge in [-0.15, -0.1) is 0 Å². The lowest BCUT2D eigenvalue weighted by atomic mass is 10.3. The van der Waals surface area contributed by atoms with Gasteiger partial charge in [0.1, 0.15) is 0 Å². The highest BCUT2D eigenvalue weighted by atomic mass is 16.4. The second-order valence-electron chi connectivity index (χ2n) is 4.62. The summed E-state index contributed by atoms with van der Waals surface area (Å²) in [5.74, 6) is -0.958. The lowest BCUT2D eigenvalue weighted by Crippen LogP contribution is -2.26. The lowest BCUT2D eigenvalue weighted by molar-refractivity contribution is 0.0682. The van der Waals surface area contributed by atoms with Gasteiger partial charge in [-0.3, -0.25) is 4.40 Å². The Labute approximate surface area is 111 Å². The first-order valence-corrected chi connectivity index (χ1v) is 6.14. The SMILES string of the molecule is CN(C)CCNCc1nc(C(=O)O)n2ccccc12. The van der Waals surface area contributed by atoms with Crippen LogP contribution in [-0.2, 0) is 6.54 Å². The van der Waals surface area contributed by atoms with Crippen LogP contribution in [0.3, 0.4) is 0 Å². The molecule has 2 heterocycles. The molecule has 0 radical (unpaired) electrons. The third kappa shape index (κ3) is 3.10. The molecule has 6 nitrogen and oxygen atoms in total. The molecule has 19 heavy (non-hydrogen) atoms. The predicted molar refractivity (Wildman–Crippen MR) is 72.4 cm³/mol. The number of nitrogens with zero attached hydrogens (tertiary/aromatic N) is 3. The van der Waals surface area contributed by atoms with Crippen molar-refractivity contribution in [2.75, 3.05) is 27.2 Å². The molecule has 0 spiro atoms. The normalized spacial score (nSPS) is 11.3. The Morgan fingerprint density at radius 2 is 2.26 bits per heavy atom. The molecule has 0 aliphatic heterocycles. The molecule has 0 aromatic carbocycles. The van der Waals surface area contributed by atoms with Crippen LogP contribution in [0, 0.1) is 0 Å². The van der Waals surface area contributed by atoms with Crippen molar-refractivity contribution >= 4 is 11.5 Å². The van der Waals surface area contributed by atoms with Crippen molar-refractivity contribution in [1.82, 2.24) is 19.6 Å². The maximum Gasteiger partial charge on any atom is 0.372 e. The van der Waals surface area contributed by atoms with E-state index in [2.05, 4.69) is 15.2 Å². The zero-order chi connectivity index (χ0) is 13.8. The number of rotatable bonds is 6. The van der Waals surface area contributed by atoms with Gasteiger partial charge in [0.15, 0.2) is 0 Å². The molecule has 0 aliphatic carbocycles. The van der Waals surface area contributed by atoms with Crippen LogP contribution in [0.25, 0.3) is 5.52 Å². The molecule has 0 saturated carbocycles. The highest BCUT2D eigenvalue weighted by molar-refractivity contribution is 5.85. The van der Waals surface area contributed by atoms with Crippen molar-refractivity contribution in [2.24, 2.45) is 0 Å². The minimum Gasteiger partial charge on any atom is -0.475 e. The standard InChI is InChI=1S/C13H18N4O2/c1-16(2)8-6-14-9-10-11-5-3-4-7-17(11)12(15-10)13(18)19/h3-5,7,14H,6,8-9H2,1-2H3,(H,18,19). The third-order valence-electron chi connectivity index (χ3n) is 2.84. The van der Waals surface area contributed by atoms with Gasteiger partial charge in [0, 0.05) is 25.8 Å². The maximum absolute atomic E-state index is 11.1. The molecule has 0 amide bonds. The summed E-state index contributed by atoms with van der Waals surface area (Å²) in [7, 11) is 4.02. The second-order valence-corrected chi connectivity index (χ2v) is 4.62. The zero-order valence-electron chi connectivity index (χ0n) is 11.1. The highest BCUT2D eigenvalue weighted by Gasteiger charge is 2.15. The Kier molecular flexibility index (Phi) is 4.13. The van der Waals surface area contributed by atoms with Crippen molar-refractivity contribution in [3.05, 3.63) is 35.9 Å². The number of aromatic nitrogens is 2. The van der Waals surface area contributed by atoms with Gasteiger partial charge in [-0.2, -0.15) is 0 Å². The monoisotopic (exact) mass is 262 g/mol. The molecule has 6 heteroatoms. The molecule has 0 saturated heterocycles. The number of carboxylic acids is 1. The number of hydrogen-bond donors (Lipinski definition) is 2. The average molecular weight is 262 g/mol. The van der Waals surface area contributed by atoms with E-state index in [-0.39, 0.29) is 5.82 Å². The molecule has 0 bridgehead atoms. The first kappa shape index (κ1) is 13.5. The van der Waals surface area contributed by atoms with E-state index in [4.69, 9.17) is 5.11 Å². The van der Waals surface area contributed by atoms with Crippen molar-refractivity contribution < 1.29 is 9.90 Å². The smallest absolute Gasteiger partial charge is 0.372 e. The summed E-state index contributed by atoms with van der Waals surface area (Å²) in [4.78, 5) is 17.4. The van der Waals surface area contributed by atoms with E-state index >= 15 is 0 Å². The molecule has 2 N–H and O–H groups in total. The van der Waals surface area contributed by atoms with E-state index in [1.807, 2.05) is 26.2 Å². The van der Waals surface area contributed by atoms with Crippen LogP contribution in [-0.4, -0.2) is 52.5 Å². The van der Waals surface area contributed by atoms with Crippen LogP contribution >= 0.6 is 0 Å². The fraction of sp³-hybridized carbons (Fsp3) is 0.385. The van der Waals surface area contributed by atoms with Crippen LogP contribution in [0.4, 0.5) is 0 Å². The van der Waals surface area contributed by atoms with Crippen LogP contribution in [0.5, 0.6) is 0 Å². The highest BCUT2D eigenvalue weighted by Crippen LogP contribution is 2.12. The predicted octanol–water partition coefficient (Wildman–Crippen LogP) is 0.684. The number of pyridine rings is 1. The van der Waals surface area contributed by atoms with E-state index < -0.39 is 5.97 Å². The molecule has 0 atom stereocenters. The first-order valence-electron chi connectivity index (χ1n) is 6.14. The van der Waals surface area contributed by atoms with Crippen LogP contribution < -0.4 is 5.32 Å². The van der Waals surface area contributed by atoms with Crippen molar-refractivity contribution in [3.8, 4) is 0 Å². The van der Waals surface area contributed by atoms with Crippen LogP contribution in [0.2, 0.25) is 0 Å². The summed E-state index contributed by atoms with van der Waals surface area (Å²) in [6, 6.07) is 5.55. The van der Waals surface area contributed by atoms with Crippen molar-refractivity contribution in [1.29, 1.82) is 0 Å². The Morgan fingerprint density at radius 1 is 1.47 bits per heavy atom. The summed E-state index contributed by atoms with van der Waals surface area (Å²) < 4.78 is 1.60. The zero-order valence-corrected chi connectivity index (χ0v) is 11.1. The van der Waals surface area contributed by atoms with Gasteiger partial charge >= 0.3 is 5.97 Å². The minimum absolute atomic E-state index is 0.0556. The van der Waals surface area contributed by atoms with E-state index in [1.54, 1.807) is 16.7 Å². The first-order chi connectivity index (χ1) is 9.09. The van der Waals surface area contributed by atoms with Crippen LogP contribution in [0.1, 0.15) is 16.3 Å². The molecule has 0 fully saturated rings. The van der Waals surface area contributed by atoms with Gasteiger partial charge in [-0.1, -0.05) is 6.07 Å². The van der Waals surface area contributed by atoms with E-state index in [0.717, 1.165) is 24.3 Å². The van der Waals surface area contributed by atoms with Crippen LogP contribution in [0.15, 0.2) is 24.4 Å². The summed E-state index contributed by atoms with van der Waals surface area (Å²) in [5.41, 5.74) is 1.59. The molecule has 0 aliphatic rings. The summed E-state index contributed by atoms with van der Waals surface area (Å²) in [6.07, 6.45) is 1.72. The van der Waals surface area contributed by atoms with Gasteiger partial charge in [0.2, 0.25) is 5.82 Å². The van der Waals surface area contributed by atoms with E-state index in [1.165, 1.54) is 0 Å². The topological polar surface area (TPSA) is 69.9 Å². The molecule has 2 rings (SSSR count). The summed E-state index contributed by atoms with van der Waals surface area (Å²) >= 11 is 0. The molecule has 2 aromatic rings. The fourth-order valence-electron chi connectivity index (χ4n) is 1.89. The average Bonchev–Trinajstić information content (AvgIpc) is 2.74. The number of fused-ring (bicyclic) bond motifs is 1. The van der Waals surface area contributed by atoms with Gasteiger partial charge < -0.3 is 15.3 Å². The molecule has 2 aromatic heterocycles. The quantitative estimate of drug-likeness (QED) is 0.749. The van der Waals surface area contributed by atoms with Crippen molar-refractivity contribution in [2.45, 2.75) is 6.54 Å². The number of carbonyl (C=O) groups is 1. The Bertz CT molecular complexity index is 577.